The van der Waals surface area contributed by atoms with Crippen LogP contribution in [-0.4, -0.2) is 0 Å². The number of rotatable bonds is 1. The molecule has 0 saturated heterocycles. The second-order valence-electron chi connectivity index (χ2n) is 4.61. The molecule has 15 heavy (non-hydrogen) atoms. The van der Waals surface area contributed by atoms with Crippen molar-refractivity contribution in [3.05, 3.63) is 35.1 Å². The fourth-order valence-corrected chi connectivity index (χ4v) is 1.25. The Bertz CT molecular complexity index is 369. The van der Waals surface area contributed by atoms with Gasteiger partial charge in [-0.1, -0.05) is 26.8 Å². The van der Waals surface area contributed by atoms with Gasteiger partial charge in [-0.25, -0.2) is 13.2 Å². The monoisotopic (exact) mass is 217 g/mol. The number of halogens is 3. The van der Waals surface area contributed by atoms with Gasteiger partial charge in [-0.3, -0.25) is 0 Å². The normalized spacial score (nSPS) is 14.1. The second kappa shape index (κ2) is 3.85. The Morgan fingerprint density at radius 2 is 1.60 bits per heavy atom. The van der Waals surface area contributed by atoms with Gasteiger partial charge >= 0.3 is 0 Å². The summed E-state index contributed by atoms with van der Waals surface area (Å²) in [5.74, 6) is -3.86. The molecule has 1 atom stereocenters. The van der Waals surface area contributed by atoms with Gasteiger partial charge in [-0.15, -0.1) is 0 Å². The van der Waals surface area contributed by atoms with Gasteiger partial charge in [-0.05, 0) is 11.5 Å². The Labute approximate surface area is 87.1 Å². The van der Waals surface area contributed by atoms with Crippen molar-refractivity contribution in [2.24, 2.45) is 11.1 Å². The van der Waals surface area contributed by atoms with Crippen molar-refractivity contribution < 1.29 is 13.2 Å². The molecule has 0 aliphatic heterocycles. The Morgan fingerprint density at radius 1 is 1.07 bits per heavy atom. The van der Waals surface area contributed by atoms with Crippen LogP contribution in [0.4, 0.5) is 13.2 Å². The SMILES string of the molecule is CC(C)(C)[C@@H](N)c1ccc(F)c(F)c1F. The van der Waals surface area contributed by atoms with E-state index in [1.54, 1.807) is 20.8 Å². The Kier molecular flexibility index (Phi) is 3.09. The van der Waals surface area contributed by atoms with Crippen LogP contribution in [0.2, 0.25) is 0 Å². The molecule has 0 spiro atoms. The van der Waals surface area contributed by atoms with Crippen LogP contribution in [0, 0.1) is 22.9 Å². The van der Waals surface area contributed by atoms with Crippen molar-refractivity contribution in [1.82, 2.24) is 0 Å². The molecule has 2 N–H and O–H groups in total. The highest BCUT2D eigenvalue weighted by atomic mass is 19.2. The lowest BCUT2D eigenvalue weighted by Crippen LogP contribution is -2.27. The molecule has 0 heterocycles. The predicted octanol–water partition coefficient (Wildman–Crippen LogP) is 3.15. The summed E-state index contributed by atoms with van der Waals surface area (Å²) in [5, 5.41) is 0. The molecule has 0 aromatic heterocycles. The summed E-state index contributed by atoms with van der Waals surface area (Å²) in [5.41, 5.74) is 5.35. The topological polar surface area (TPSA) is 26.0 Å². The van der Waals surface area contributed by atoms with Crippen molar-refractivity contribution in [2.45, 2.75) is 26.8 Å². The highest BCUT2D eigenvalue weighted by Crippen LogP contribution is 2.32. The number of hydrogen-bond acceptors (Lipinski definition) is 1. The molecule has 0 bridgehead atoms. The summed E-state index contributed by atoms with van der Waals surface area (Å²) in [4.78, 5) is 0. The Morgan fingerprint density at radius 3 is 2.07 bits per heavy atom. The molecule has 4 heteroatoms. The van der Waals surface area contributed by atoms with Crippen molar-refractivity contribution in [1.29, 1.82) is 0 Å². The van der Waals surface area contributed by atoms with Crippen LogP contribution in [0.25, 0.3) is 0 Å². The third-order valence-electron chi connectivity index (χ3n) is 2.33. The molecule has 1 nitrogen and oxygen atoms in total. The first-order valence-corrected chi connectivity index (χ1v) is 4.64. The van der Waals surface area contributed by atoms with Crippen molar-refractivity contribution >= 4 is 0 Å². The van der Waals surface area contributed by atoms with Gasteiger partial charge < -0.3 is 5.73 Å². The quantitative estimate of drug-likeness (QED) is 0.718. The van der Waals surface area contributed by atoms with E-state index in [1.165, 1.54) is 6.07 Å². The minimum atomic E-state index is -1.47. The van der Waals surface area contributed by atoms with Crippen LogP contribution in [0.1, 0.15) is 32.4 Å². The smallest absolute Gasteiger partial charge is 0.194 e. The highest BCUT2D eigenvalue weighted by molar-refractivity contribution is 5.24. The molecule has 1 aromatic carbocycles. The first-order chi connectivity index (χ1) is 6.75. The van der Waals surface area contributed by atoms with Crippen LogP contribution in [0.15, 0.2) is 12.1 Å². The van der Waals surface area contributed by atoms with Gasteiger partial charge in [0.05, 0.1) is 0 Å². The van der Waals surface area contributed by atoms with Crippen LogP contribution in [-0.2, 0) is 0 Å². The lowest BCUT2D eigenvalue weighted by atomic mass is 9.83. The van der Waals surface area contributed by atoms with E-state index in [1.807, 2.05) is 0 Å². The first-order valence-electron chi connectivity index (χ1n) is 4.64. The van der Waals surface area contributed by atoms with E-state index in [-0.39, 0.29) is 5.56 Å². The van der Waals surface area contributed by atoms with E-state index in [0.29, 0.717) is 0 Å². The third-order valence-corrected chi connectivity index (χ3v) is 2.33. The summed E-state index contributed by atoms with van der Waals surface area (Å²) in [6.45, 7) is 5.41. The van der Waals surface area contributed by atoms with Gasteiger partial charge in [0.15, 0.2) is 17.5 Å². The Balaban J connectivity index is 3.23. The lowest BCUT2D eigenvalue weighted by molar-refractivity contribution is 0.313. The van der Waals surface area contributed by atoms with E-state index < -0.39 is 28.9 Å². The predicted molar refractivity (Wildman–Crippen MR) is 52.7 cm³/mol. The molecule has 0 radical (unpaired) electrons. The summed E-state index contributed by atoms with van der Waals surface area (Å²) < 4.78 is 38.9. The Hall–Kier alpha value is -1.03. The molecular formula is C11H14F3N. The van der Waals surface area contributed by atoms with E-state index >= 15 is 0 Å². The number of hydrogen-bond donors (Lipinski definition) is 1. The zero-order valence-corrected chi connectivity index (χ0v) is 8.94. The van der Waals surface area contributed by atoms with Crippen LogP contribution >= 0.6 is 0 Å². The van der Waals surface area contributed by atoms with Gasteiger partial charge in [-0.2, -0.15) is 0 Å². The van der Waals surface area contributed by atoms with E-state index in [4.69, 9.17) is 5.73 Å². The molecule has 0 amide bonds. The highest BCUT2D eigenvalue weighted by Gasteiger charge is 2.27. The summed E-state index contributed by atoms with van der Waals surface area (Å²) >= 11 is 0. The second-order valence-corrected chi connectivity index (χ2v) is 4.61. The van der Waals surface area contributed by atoms with Crippen molar-refractivity contribution in [2.75, 3.05) is 0 Å². The zero-order valence-electron chi connectivity index (χ0n) is 8.94. The minimum absolute atomic E-state index is 0.00130. The third kappa shape index (κ3) is 2.31. The summed E-state index contributed by atoms with van der Waals surface area (Å²) in [6, 6.07) is 1.40. The van der Waals surface area contributed by atoms with Crippen LogP contribution < -0.4 is 5.73 Å². The molecular weight excluding hydrogens is 203 g/mol. The van der Waals surface area contributed by atoms with Gasteiger partial charge in [0.25, 0.3) is 0 Å². The molecule has 0 aliphatic carbocycles. The average Bonchev–Trinajstić information content (AvgIpc) is 2.12. The van der Waals surface area contributed by atoms with Crippen molar-refractivity contribution in [3.8, 4) is 0 Å². The molecule has 1 rings (SSSR count). The fourth-order valence-electron chi connectivity index (χ4n) is 1.25. The molecule has 84 valence electrons. The lowest BCUT2D eigenvalue weighted by Gasteiger charge is -2.27. The van der Waals surface area contributed by atoms with Gasteiger partial charge in [0.1, 0.15) is 0 Å². The standard InChI is InChI=1S/C11H14F3N/c1-11(2,3)10(15)6-4-5-7(12)9(14)8(6)13/h4-5,10H,15H2,1-3H3/t10-/m0/s1. The number of benzene rings is 1. The van der Waals surface area contributed by atoms with Crippen molar-refractivity contribution in [3.63, 3.8) is 0 Å². The maximum absolute atomic E-state index is 13.3. The minimum Gasteiger partial charge on any atom is -0.323 e. The summed E-state index contributed by atoms with van der Waals surface area (Å²) in [6.07, 6.45) is 0. The first kappa shape index (κ1) is 12.0. The molecule has 0 unspecified atom stereocenters. The molecule has 1 aromatic rings. The maximum Gasteiger partial charge on any atom is 0.194 e. The fraction of sp³-hybridized carbons (Fsp3) is 0.455. The number of nitrogens with two attached hydrogens (primary N) is 1. The summed E-state index contributed by atoms with van der Waals surface area (Å²) in [7, 11) is 0. The van der Waals surface area contributed by atoms with Crippen LogP contribution in [0.3, 0.4) is 0 Å². The van der Waals surface area contributed by atoms with Crippen LogP contribution in [0.5, 0.6) is 0 Å². The molecule has 0 fully saturated rings. The van der Waals surface area contributed by atoms with E-state index in [0.717, 1.165) is 6.07 Å². The van der Waals surface area contributed by atoms with E-state index in [2.05, 4.69) is 0 Å². The molecule has 0 saturated carbocycles. The average molecular weight is 217 g/mol. The molecule has 0 aliphatic rings. The van der Waals surface area contributed by atoms with Gasteiger partial charge in [0, 0.05) is 11.6 Å². The van der Waals surface area contributed by atoms with Gasteiger partial charge in [0.2, 0.25) is 0 Å². The largest absolute Gasteiger partial charge is 0.323 e. The zero-order chi connectivity index (χ0) is 11.8. The maximum atomic E-state index is 13.3. The van der Waals surface area contributed by atoms with E-state index in [9.17, 15) is 13.2 Å².